The zero-order chi connectivity index (χ0) is 14.8. The first kappa shape index (κ1) is 14.0. The van der Waals surface area contributed by atoms with Crippen molar-refractivity contribution in [2.75, 3.05) is 6.54 Å². The third-order valence-electron chi connectivity index (χ3n) is 3.25. The van der Waals surface area contributed by atoms with Gasteiger partial charge in [0.05, 0.1) is 10.6 Å². The van der Waals surface area contributed by atoms with Crippen molar-refractivity contribution in [3.8, 4) is 11.4 Å². The van der Waals surface area contributed by atoms with Gasteiger partial charge in [0.15, 0.2) is 5.65 Å². The van der Waals surface area contributed by atoms with Crippen LogP contribution in [0.15, 0.2) is 36.5 Å². The molecule has 0 aliphatic carbocycles. The van der Waals surface area contributed by atoms with E-state index in [1.54, 1.807) is 30.5 Å². The topological polar surface area (TPSA) is 56.7 Å². The number of benzene rings is 1. The molecule has 3 aromatic rings. The smallest absolute Gasteiger partial charge is 0.160 e. The van der Waals surface area contributed by atoms with E-state index in [-0.39, 0.29) is 5.82 Å². The van der Waals surface area contributed by atoms with Crippen molar-refractivity contribution < 1.29 is 4.39 Å². The Labute approximate surface area is 126 Å². The number of nitrogens with two attached hydrogens (primary N) is 1. The van der Waals surface area contributed by atoms with E-state index in [1.807, 2.05) is 4.57 Å². The average molecular weight is 305 g/mol. The van der Waals surface area contributed by atoms with Gasteiger partial charge in [0, 0.05) is 12.7 Å². The number of fused-ring (bicyclic) bond motifs is 1. The van der Waals surface area contributed by atoms with Gasteiger partial charge in [-0.1, -0.05) is 23.7 Å². The van der Waals surface area contributed by atoms with Crippen LogP contribution in [0.4, 0.5) is 4.39 Å². The van der Waals surface area contributed by atoms with Crippen LogP contribution in [0.2, 0.25) is 5.02 Å². The molecule has 2 heterocycles. The summed E-state index contributed by atoms with van der Waals surface area (Å²) in [6, 6.07) is 8.29. The highest BCUT2D eigenvalue weighted by Gasteiger charge is 2.16. The summed E-state index contributed by atoms with van der Waals surface area (Å²) in [6.07, 6.45) is 2.33. The lowest BCUT2D eigenvalue weighted by molar-refractivity contribution is 0.623. The van der Waals surface area contributed by atoms with Gasteiger partial charge >= 0.3 is 0 Å². The van der Waals surface area contributed by atoms with Gasteiger partial charge in [0.2, 0.25) is 0 Å². The Balaban J connectivity index is 2.23. The predicted octanol–water partition coefficient (Wildman–Crippen LogP) is 3.24. The molecule has 6 heteroatoms. The summed E-state index contributed by atoms with van der Waals surface area (Å²) in [5.74, 6) is 0.235. The summed E-state index contributed by atoms with van der Waals surface area (Å²) in [6.45, 7) is 1.18. The Hall–Kier alpha value is -1.98. The molecule has 108 valence electrons. The number of hydrogen-bond acceptors (Lipinski definition) is 3. The fourth-order valence-electron chi connectivity index (χ4n) is 2.30. The molecule has 2 N–H and O–H groups in total. The molecular weight excluding hydrogens is 291 g/mol. The van der Waals surface area contributed by atoms with Crippen LogP contribution in [0, 0.1) is 5.82 Å². The summed E-state index contributed by atoms with van der Waals surface area (Å²) < 4.78 is 15.9. The maximum absolute atomic E-state index is 14.1. The fourth-order valence-corrected chi connectivity index (χ4v) is 2.45. The van der Waals surface area contributed by atoms with Gasteiger partial charge in [-0.3, -0.25) is 0 Å². The molecule has 0 atom stereocenters. The largest absolute Gasteiger partial charge is 0.330 e. The standard InChI is InChI=1S/C15H14ClFN4/c16-10-8-13-15(19-9-10)21(7-3-6-18)14(20-13)11-4-1-2-5-12(11)17/h1-2,4-5,8-9H,3,6-7,18H2. The van der Waals surface area contributed by atoms with Crippen molar-refractivity contribution >= 4 is 22.8 Å². The zero-order valence-electron chi connectivity index (χ0n) is 11.3. The lowest BCUT2D eigenvalue weighted by Crippen LogP contribution is -2.08. The molecular formula is C15H14ClFN4. The maximum Gasteiger partial charge on any atom is 0.160 e. The zero-order valence-corrected chi connectivity index (χ0v) is 12.0. The molecule has 21 heavy (non-hydrogen) atoms. The van der Waals surface area contributed by atoms with Crippen LogP contribution in [0.3, 0.4) is 0 Å². The molecule has 1 aromatic carbocycles. The van der Waals surface area contributed by atoms with Gasteiger partial charge in [-0.15, -0.1) is 0 Å². The van der Waals surface area contributed by atoms with E-state index in [1.165, 1.54) is 6.07 Å². The number of nitrogens with zero attached hydrogens (tertiary/aromatic N) is 3. The van der Waals surface area contributed by atoms with E-state index in [2.05, 4.69) is 9.97 Å². The molecule has 0 spiro atoms. The number of aryl methyl sites for hydroxylation is 1. The quantitative estimate of drug-likeness (QED) is 0.805. The van der Waals surface area contributed by atoms with Crippen LogP contribution < -0.4 is 5.73 Å². The van der Waals surface area contributed by atoms with E-state index < -0.39 is 0 Å². The second-order valence-corrected chi connectivity index (χ2v) is 5.14. The molecule has 0 fully saturated rings. The SMILES string of the molecule is NCCCn1c(-c2ccccc2F)nc2cc(Cl)cnc21. The minimum atomic E-state index is -0.312. The Kier molecular flexibility index (Phi) is 3.86. The number of pyridine rings is 1. The monoisotopic (exact) mass is 304 g/mol. The van der Waals surface area contributed by atoms with E-state index in [4.69, 9.17) is 17.3 Å². The minimum Gasteiger partial charge on any atom is -0.330 e. The van der Waals surface area contributed by atoms with Crippen LogP contribution in [0.1, 0.15) is 6.42 Å². The molecule has 0 bridgehead atoms. The van der Waals surface area contributed by atoms with Gasteiger partial charge in [0.25, 0.3) is 0 Å². The summed E-state index contributed by atoms with van der Waals surface area (Å²) >= 11 is 5.96. The average Bonchev–Trinajstić information content (AvgIpc) is 2.83. The number of halogens is 2. The van der Waals surface area contributed by atoms with Crippen molar-refractivity contribution in [1.82, 2.24) is 14.5 Å². The Morgan fingerprint density at radius 2 is 2.10 bits per heavy atom. The third-order valence-corrected chi connectivity index (χ3v) is 3.46. The maximum atomic E-state index is 14.1. The molecule has 0 saturated carbocycles. The van der Waals surface area contributed by atoms with Crippen LogP contribution in [0.5, 0.6) is 0 Å². The van der Waals surface area contributed by atoms with E-state index >= 15 is 0 Å². The first-order valence-electron chi connectivity index (χ1n) is 6.67. The first-order chi connectivity index (χ1) is 10.2. The normalized spacial score (nSPS) is 11.2. The molecule has 0 aliphatic heterocycles. The first-order valence-corrected chi connectivity index (χ1v) is 7.05. The number of hydrogen-bond donors (Lipinski definition) is 1. The van der Waals surface area contributed by atoms with Gasteiger partial charge in [-0.2, -0.15) is 0 Å². The Morgan fingerprint density at radius 3 is 2.86 bits per heavy atom. The van der Waals surface area contributed by atoms with Crippen LogP contribution >= 0.6 is 11.6 Å². The van der Waals surface area contributed by atoms with E-state index in [0.29, 0.717) is 40.7 Å². The predicted molar refractivity (Wildman–Crippen MR) is 81.6 cm³/mol. The van der Waals surface area contributed by atoms with Crippen molar-refractivity contribution in [3.63, 3.8) is 0 Å². The van der Waals surface area contributed by atoms with Gasteiger partial charge < -0.3 is 10.3 Å². The number of aromatic nitrogens is 3. The molecule has 2 aromatic heterocycles. The minimum absolute atomic E-state index is 0.312. The third kappa shape index (κ3) is 2.62. The van der Waals surface area contributed by atoms with Crippen LogP contribution in [0.25, 0.3) is 22.6 Å². The Morgan fingerprint density at radius 1 is 1.29 bits per heavy atom. The van der Waals surface area contributed by atoms with Gasteiger partial charge in [0.1, 0.15) is 17.2 Å². The molecule has 0 unspecified atom stereocenters. The van der Waals surface area contributed by atoms with Crippen LogP contribution in [-0.2, 0) is 6.54 Å². The van der Waals surface area contributed by atoms with Crippen LogP contribution in [-0.4, -0.2) is 21.1 Å². The molecule has 0 saturated heterocycles. The van der Waals surface area contributed by atoms with Gasteiger partial charge in [-0.05, 0) is 31.2 Å². The summed E-state index contributed by atoms with van der Waals surface area (Å²) in [5, 5.41) is 0.506. The van der Waals surface area contributed by atoms with E-state index in [9.17, 15) is 4.39 Å². The lowest BCUT2D eigenvalue weighted by atomic mass is 10.2. The van der Waals surface area contributed by atoms with Gasteiger partial charge in [-0.25, -0.2) is 14.4 Å². The summed E-state index contributed by atoms with van der Waals surface area (Å²) in [4.78, 5) is 8.81. The molecule has 3 rings (SSSR count). The molecule has 0 radical (unpaired) electrons. The highest BCUT2D eigenvalue weighted by Crippen LogP contribution is 2.27. The second kappa shape index (κ2) is 5.79. The number of rotatable bonds is 4. The highest BCUT2D eigenvalue weighted by atomic mass is 35.5. The molecule has 0 aliphatic rings. The highest BCUT2D eigenvalue weighted by molar-refractivity contribution is 6.31. The number of imidazole rings is 1. The second-order valence-electron chi connectivity index (χ2n) is 4.71. The van der Waals surface area contributed by atoms with E-state index in [0.717, 1.165) is 6.42 Å². The van der Waals surface area contributed by atoms with Crippen molar-refractivity contribution in [1.29, 1.82) is 0 Å². The van der Waals surface area contributed by atoms with Crippen molar-refractivity contribution in [2.45, 2.75) is 13.0 Å². The van der Waals surface area contributed by atoms with Crippen molar-refractivity contribution in [2.24, 2.45) is 5.73 Å². The fraction of sp³-hybridized carbons (Fsp3) is 0.200. The van der Waals surface area contributed by atoms with Crippen molar-refractivity contribution in [3.05, 3.63) is 47.4 Å². The molecule has 0 amide bonds. The summed E-state index contributed by atoms with van der Waals surface area (Å²) in [5.41, 5.74) is 7.37. The Bertz CT molecular complexity index is 784. The lowest BCUT2D eigenvalue weighted by Gasteiger charge is -2.08. The summed E-state index contributed by atoms with van der Waals surface area (Å²) in [7, 11) is 0. The molecule has 4 nitrogen and oxygen atoms in total.